The predicted molar refractivity (Wildman–Crippen MR) is 95.2 cm³/mol. The average molecular weight is 327 g/mol. The molecule has 1 atom stereocenters. The van der Waals surface area contributed by atoms with E-state index in [4.69, 9.17) is 14.2 Å². The zero-order valence-corrected chi connectivity index (χ0v) is 14.8. The Morgan fingerprint density at radius 3 is 2.33 bits per heavy atom. The number of fused-ring (bicyclic) bond motifs is 1. The molecule has 2 aromatic carbocycles. The highest BCUT2D eigenvalue weighted by molar-refractivity contribution is 5.53. The summed E-state index contributed by atoms with van der Waals surface area (Å²) in [5.74, 6) is 2.01. The first-order valence-corrected chi connectivity index (χ1v) is 8.28. The molecular weight excluding hydrogens is 302 g/mol. The van der Waals surface area contributed by atoms with Crippen molar-refractivity contribution in [1.29, 1.82) is 0 Å². The third-order valence-corrected chi connectivity index (χ3v) is 4.66. The molecule has 4 nitrogen and oxygen atoms in total. The molecule has 0 radical (unpaired) electrons. The van der Waals surface area contributed by atoms with Crippen LogP contribution in [0.3, 0.4) is 0 Å². The van der Waals surface area contributed by atoms with Crippen LogP contribution < -0.4 is 19.5 Å². The van der Waals surface area contributed by atoms with Crippen molar-refractivity contribution in [3.05, 3.63) is 52.6 Å². The minimum Gasteiger partial charge on any atom is -0.493 e. The summed E-state index contributed by atoms with van der Waals surface area (Å²) >= 11 is 0. The van der Waals surface area contributed by atoms with Crippen LogP contribution >= 0.6 is 0 Å². The Kier molecular flexibility index (Phi) is 4.95. The van der Waals surface area contributed by atoms with Gasteiger partial charge in [0.2, 0.25) is 5.75 Å². The summed E-state index contributed by atoms with van der Waals surface area (Å²) in [5, 5.41) is 3.67. The van der Waals surface area contributed by atoms with Crippen LogP contribution in [0.4, 0.5) is 0 Å². The Morgan fingerprint density at radius 1 is 1.00 bits per heavy atom. The molecule has 128 valence electrons. The van der Waals surface area contributed by atoms with Crippen LogP contribution in [-0.4, -0.2) is 21.3 Å². The van der Waals surface area contributed by atoms with Crippen molar-refractivity contribution >= 4 is 0 Å². The zero-order chi connectivity index (χ0) is 17.1. The third kappa shape index (κ3) is 3.20. The molecule has 0 heterocycles. The summed E-state index contributed by atoms with van der Waals surface area (Å²) in [4.78, 5) is 0. The second kappa shape index (κ2) is 7.14. The van der Waals surface area contributed by atoms with Crippen LogP contribution in [0.5, 0.6) is 17.2 Å². The van der Waals surface area contributed by atoms with E-state index in [9.17, 15) is 0 Å². The fraction of sp³-hybridized carbons (Fsp3) is 0.400. The minimum absolute atomic E-state index is 0.402. The third-order valence-electron chi connectivity index (χ3n) is 4.66. The van der Waals surface area contributed by atoms with Crippen LogP contribution in [0.15, 0.2) is 30.3 Å². The number of methoxy groups -OCH3 is 3. The number of benzene rings is 2. The average Bonchev–Trinajstić information content (AvgIpc) is 3.00. The number of nitrogens with one attached hydrogen (secondary N) is 1. The van der Waals surface area contributed by atoms with Crippen molar-refractivity contribution in [2.24, 2.45) is 0 Å². The summed E-state index contributed by atoms with van der Waals surface area (Å²) < 4.78 is 16.2. The smallest absolute Gasteiger partial charge is 0.203 e. The van der Waals surface area contributed by atoms with E-state index >= 15 is 0 Å². The highest BCUT2D eigenvalue weighted by Crippen LogP contribution is 2.38. The monoisotopic (exact) mass is 327 g/mol. The first kappa shape index (κ1) is 16.7. The van der Waals surface area contributed by atoms with Gasteiger partial charge in [-0.15, -0.1) is 0 Å². The lowest BCUT2D eigenvalue weighted by atomic mass is 10.0. The van der Waals surface area contributed by atoms with E-state index in [0.29, 0.717) is 23.3 Å². The Balaban J connectivity index is 1.77. The normalized spacial score (nSPS) is 15.9. The predicted octanol–water partition coefficient (Wildman–Crippen LogP) is 3.80. The zero-order valence-electron chi connectivity index (χ0n) is 14.8. The van der Waals surface area contributed by atoms with Crippen LogP contribution in [0.2, 0.25) is 0 Å². The fourth-order valence-corrected chi connectivity index (χ4v) is 3.41. The van der Waals surface area contributed by atoms with E-state index in [1.165, 1.54) is 16.7 Å². The lowest BCUT2D eigenvalue weighted by Crippen LogP contribution is -2.18. The molecule has 1 aliphatic carbocycles. The van der Waals surface area contributed by atoms with Gasteiger partial charge in [-0.2, -0.15) is 0 Å². The molecule has 0 saturated heterocycles. The SMILES string of the molecule is COc1cc(CN[C@@H]2CCc3ccc(C)cc32)cc(OC)c1OC. The van der Waals surface area contributed by atoms with Gasteiger partial charge < -0.3 is 19.5 Å². The topological polar surface area (TPSA) is 39.7 Å². The maximum atomic E-state index is 5.43. The molecule has 0 spiro atoms. The molecule has 0 unspecified atom stereocenters. The molecule has 0 aromatic heterocycles. The Hall–Kier alpha value is -2.20. The first-order valence-electron chi connectivity index (χ1n) is 8.28. The van der Waals surface area contributed by atoms with E-state index in [1.807, 2.05) is 12.1 Å². The summed E-state index contributed by atoms with van der Waals surface area (Å²) in [6, 6.07) is 11.2. The molecule has 4 heteroatoms. The van der Waals surface area contributed by atoms with E-state index in [1.54, 1.807) is 21.3 Å². The lowest BCUT2D eigenvalue weighted by molar-refractivity contribution is 0.323. The van der Waals surface area contributed by atoms with Crippen molar-refractivity contribution < 1.29 is 14.2 Å². The number of ether oxygens (including phenoxy) is 3. The van der Waals surface area contributed by atoms with Crippen molar-refractivity contribution in [1.82, 2.24) is 5.32 Å². The largest absolute Gasteiger partial charge is 0.493 e. The van der Waals surface area contributed by atoms with Gasteiger partial charge >= 0.3 is 0 Å². The fourth-order valence-electron chi connectivity index (χ4n) is 3.41. The second-order valence-electron chi connectivity index (χ2n) is 6.21. The van der Waals surface area contributed by atoms with E-state index in [2.05, 4.69) is 30.4 Å². The number of hydrogen-bond acceptors (Lipinski definition) is 4. The number of aryl methyl sites for hydroxylation is 2. The van der Waals surface area contributed by atoms with Gasteiger partial charge in [-0.3, -0.25) is 0 Å². The lowest BCUT2D eigenvalue weighted by Gasteiger charge is -2.17. The maximum Gasteiger partial charge on any atom is 0.203 e. The molecule has 0 aliphatic heterocycles. The van der Waals surface area contributed by atoms with E-state index in [-0.39, 0.29) is 0 Å². The molecule has 1 aliphatic rings. The van der Waals surface area contributed by atoms with Gasteiger partial charge in [-0.05, 0) is 48.6 Å². The number of hydrogen-bond donors (Lipinski definition) is 1. The van der Waals surface area contributed by atoms with Gasteiger partial charge in [0.15, 0.2) is 11.5 Å². The standard InChI is InChI=1S/C20H25NO3/c1-13-5-6-15-7-8-17(16(15)9-13)21-12-14-10-18(22-2)20(24-4)19(11-14)23-3/h5-6,9-11,17,21H,7-8,12H2,1-4H3/t17-/m1/s1. The van der Waals surface area contributed by atoms with Gasteiger partial charge in [-0.1, -0.05) is 23.8 Å². The van der Waals surface area contributed by atoms with Crippen LogP contribution in [-0.2, 0) is 13.0 Å². The van der Waals surface area contributed by atoms with E-state index in [0.717, 1.165) is 24.9 Å². The highest BCUT2D eigenvalue weighted by atomic mass is 16.5. The van der Waals surface area contributed by atoms with Gasteiger partial charge in [-0.25, -0.2) is 0 Å². The molecule has 3 rings (SSSR count). The van der Waals surface area contributed by atoms with Gasteiger partial charge in [0.25, 0.3) is 0 Å². The molecule has 0 amide bonds. The molecule has 0 fully saturated rings. The second-order valence-corrected chi connectivity index (χ2v) is 6.21. The van der Waals surface area contributed by atoms with Gasteiger partial charge in [0.05, 0.1) is 21.3 Å². The van der Waals surface area contributed by atoms with Crippen molar-refractivity contribution in [3.8, 4) is 17.2 Å². The van der Waals surface area contributed by atoms with Crippen molar-refractivity contribution in [2.75, 3.05) is 21.3 Å². The van der Waals surface area contributed by atoms with E-state index < -0.39 is 0 Å². The highest BCUT2D eigenvalue weighted by Gasteiger charge is 2.22. The molecule has 1 N–H and O–H groups in total. The molecular formula is C20H25NO3. The molecule has 0 saturated carbocycles. The van der Waals surface area contributed by atoms with Crippen LogP contribution in [0.1, 0.15) is 34.7 Å². The summed E-state index contributed by atoms with van der Waals surface area (Å²) in [6.45, 7) is 2.91. The van der Waals surface area contributed by atoms with Crippen molar-refractivity contribution in [2.45, 2.75) is 32.4 Å². The molecule has 24 heavy (non-hydrogen) atoms. The Morgan fingerprint density at radius 2 is 1.71 bits per heavy atom. The number of rotatable bonds is 6. The minimum atomic E-state index is 0.402. The first-order chi connectivity index (χ1) is 11.7. The summed E-state index contributed by atoms with van der Waals surface area (Å²) in [5.41, 5.74) is 5.33. The van der Waals surface area contributed by atoms with Gasteiger partial charge in [0, 0.05) is 12.6 Å². The van der Waals surface area contributed by atoms with Crippen molar-refractivity contribution in [3.63, 3.8) is 0 Å². The summed E-state index contributed by atoms with van der Waals surface area (Å²) in [7, 11) is 4.91. The Bertz CT molecular complexity index is 702. The maximum absolute atomic E-state index is 5.43. The van der Waals surface area contributed by atoms with Crippen LogP contribution in [0, 0.1) is 6.92 Å². The summed E-state index contributed by atoms with van der Waals surface area (Å²) in [6.07, 6.45) is 2.28. The van der Waals surface area contributed by atoms with Crippen LogP contribution in [0.25, 0.3) is 0 Å². The Labute approximate surface area is 143 Å². The molecule has 2 aromatic rings. The quantitative estimate of drug-likeness (QED) is 0.876. The van der Waals surface area contributed by atoms with Gasteiger partial charge in [0.1, 0.15) is 0 Å². The molecule has 0 bridgehead atoms.